The highest BCUT2D eigenvalue weighted by Gasteiger charge is 2.30. The molecule has 1 saturated heterocycles. The van der Waals surface area contributed by atoms with Gasteiger partial charge in [-0.3, -0.25) is 9.69 Å². The fourth-order valence-corrected chi connectivity index (χ4v) is 4.78. The topological polar surface area (TPSA) is 68.2 Å². The molecule has 1 aliphatic heterocycles. The minimum Gasteiger partial charge on any atom is -0.488 e. The number of likely N-dealkylation sites (N-methyl/N-ethyl adjacent to an activating group) is 1. The van der Waals surface area contributed by atoms with Gasteiger partial charge in [-0.15, -0.1) is 0 Å². The van der Waals surface area contributed by atoms with Crippen LogP contribution in [0.5, 0.6) is 5.75 Å². The van der Waals surface area contributed by atoms with E-state index in [1.54, 1.807) is 44.3 Å². The van der Waals surface area contributed by atoms with Crippen molar-refractivity contribution in [3.8, 4) is 5.75 Å². The summed E-state index contributed by atoms with van der Waals surface area (Å²) in [6.45, 7) is 2.44. The summed E-state index contributed by atoms with van der Waals surface area (Å²) in [6, 6.07) is 19.9. The Balaban J connectivity index is 1.54. The molecule has 0 saturated carbocycles. The predicted molar refractivity (Wildman–Crippen MR) is 148 cm³/mol. The molecule has 1 heterocycles. The molecule has 0 spiro atoms. The Morgan fingerprint density at radius 3 is 2.53 bits per heavy atom. The van der Waals surface area contributed by atoms with Crippen LogP contribution in [0.2, 0.25) is 5.02 Å². The van der Waals surface area contributed by atoms with Gasteiger partial charge in [-0.25, -0.2) is 9.79 Å². The molecular weight excluding hydrogens is 564 g/mol. The van der Waals surface area contributed by atoms with E-state index in [1.807, 2.05) is 42.5 Å². The molecule has 1 amide bonds. The number of amides is 1. The van der Waals surface area contributed by atoms with Gasteiger partial charge in [0.2, 0.25) is 0 Å². The van der Waals surface area contributed by atoms with E-state index in [1.165, 1.54) is 16.7 Å². The van der Waals surface area contributed by atoms with Crippen LogP contribution in [0.25, 0.3) is 6.08 Å². The number of nitrogens with zero attached hydrogens (tertiary/aromatic N) is 2. The van der Waals surface area contributed by atoms with E-state index in [4.69, 9.17) is 21.1 Å². The number of benzene rings is 3. The summed E-state index contributed by atoms with van der Waals surface area (Å²) >= 11 is 10.7. The Labute approximate surface area is 227 Å². The van der Waals surface area contributed by atoms with Crippen molar-refractivity contribution < 1.29 is 19.1 Å². The van der Waals surface area contributed by atoms with E-state index in [0.717, 1.165) is 15.6 Å². The maximum Gasteiger partial charge on any atom is 0.338 e. The van der Waals surface area contributed by atoms with Crippen LogP contribution in [0.15, 0.2) is 81.1 Å². The number of ether oxygens (including phenoxy) is 2. The van der Waals surface area contributed by atoms with Crippen LogP contribution in [0.1, 0.15) is 28.4 Å². The van der Waals surface area contributed by atoms with Crippen LogP contribution in [0, 0.1) is 0 Å². The third kappa shape index (κ3) is 6.37. The fourth-order valence-electron chi connectivity index (χ4n) is 3.30. The maximum absolute atomic E-state index is 13.0. The lowest BCUT2D eigenvalue weighted by Crippen LogP contribution is -2.23. The van der Waals surface area contributed by atoms with Crippen LogP contribution in [-0.2, 0) is 16.1 Å². The molecule has 3 aromatic rings. The highest BCUT2D eigenvalue weighted by atomic mass is 79.9. The largest absolute Gasteiger partial charge is 0.488 e. The number of rotatable bonds is 7. The molecule has 0 radical (unpaired) electrons. The van der Waals surface area contributed by atoms with Crippen molar-refractivity contribution in [2.24, 2.45) is 4.99 Å². The van der Waals surface area contributed by atoms with Gasteiger partial charge >= 0.3 is 5.97 Å². The van der Waals surface area contributed by atoms with E-state index in [2.05, 4.69) is 20.9 Å². The molecule has 3 aromatic carbocycles. The van der Waals surface area contributed by atoms with E-state index in [-0.39, 0.29) is 11.9 Å². The van der Waals surface area contributed by atoms with E-state index >= 15 is 0 Å². The zero-order chi connectivity index (χ0) is 25.7. The first-order chi connectivity index (χ1) is 17.3. The zero-order valence-electron chi connectivity index (χ0n) is 19.5. The maximum atomic E-state index is 13.0. The molecule has 4 rings (SSSR count). The normalized spacial score (nSPS) is 15.6. The van der Waals surface area contributed by atoms with Crippen molar-refractivity contribution in [2.45, 2.75) is 13.5 Å². The van der Waals surface area contributed by atoms with Crippen LogP contribution in [-0.4, -0.2) is 35.6 Å². The van der Waals surface area contributed by atoms with Crippen LogP contribution >= 0.6 is 39.3 Å². The number of hydrogen-bond acceptors (Lipinski definition) is 6. The van der Waals surface area contributed by atoms with Gasteiger partial charge in [0.1, 0.15) is 12.4 Å². The van der Waals surface area contributed by atoms with Crippen molar-refractivity contribution in [1.29, 1.82) is 0 Å². The highest BCUT2D eigenvalue weighted by molar-refractivity contribution is 9.10. The minimum absolute atomic E-state index is 0.162. The van der Waals surface area contributed by atoms with Crippen molar-refractivity contribution in [1.82, 2.24) is 4.90 Å². The molecule has 0 bridgehead atoms. The van der Waals surface area contributed by atoms with Gasteiger partial charge in [0.25, 0.3) is 5.91 Å². The van der Waals surface area contributed by atoms with Crippen molar-refractivity contribution in [2.75, 3.05) is 13.7 Å². The zero-order valence-corrected chi connectivity index (χ0v) is 22.7. The molecule has 184 valence electrons. The first-order valence-corrected chi connectivity index (χ1v) is 13.0. The second kappa shape index (κ2) is 11.8. The van der Waals surface area contributed by atoms with E-state index in [0.29, 0.717) is 45.3 Å². The second-order valence-electron chi connectivity index (χ2n) is 7.73. The van der Waals surface area contributed by atoms with Crippen LogP contribution in [0.3, 0.4) is 0 Å². The number of esters is 1. The summed E-state index contributed by atoms with van der Waals surface area (Å²) in [6.07, 6.45) is 1.80. The third-order valence-corrected chi connectivity index (χ3v) is 6.98. The fraction of sp³-hybridized carbons (Fsp3) is 0.148. The summed E-state index contributed by atoms with van der Waals surface area (Å²) in [4.78, 5) is 31.4. The Morgan fingerprint density at radius 2 is 1.83 bits per heavy atom. The Kier molecular flexibility index (Phi) is 8.51. The Morgan fingerprint density at radius 1 is 1.11 bits per heavy atom. The third-order valence-electron chi connectivity index (χ3n) is 5.17. The molecule has 1 fully saturated rings. The Hall–Kier alpha value is -3.07. The molecule has 0 aromatic heterocycles. The first kappa shape index (κ1) is 26.0. The minimum atomic E-state index is -0.382. The molecule has 9 heteroatoms. The number of halogens is 2. The summed E-state index contributed by atoms with van der Waals surface area (Å²) < 4.78 is 11.9. The predicted octanol–water partition coefficient (Wildman–Crippen LogP) is 7.09. The molecule has 0 atom stereocenters. The molecular formula is C27H22BrClN2O4S. The number of carbonyl (C=O) groups is 2. The molecule has 0 N–H and O–H groups in total. The van der Waals surface area contributed by atoms with Gasteiger partial charge in [0, 0.05) is 22.1 Å². The number of thioether (sulfide) groups is 1. The molecule has 36 heavy (non-hydrogen) atoms. The van der Waals surface area contributed by atoms with Gasteiger partial charge in [0.15, 0.2) is 5.17 Å². The number of amidine groups is 1. The molecule has 6 nitrogen and oxygen atoms in total. The average Bonchev–Trinajstić information content (AvgIpc) is 3.13. The summed E-state index contributed by atoms with van der Waals surface area (Å²) in [5.41, 5.74) is 2.82. The standard InChI is InChI=1S/C27H22BrClN2O4S/c1-3-34-26(33)18-6-11-22(12-7-18)30-27-31(2)25(32)24(36-27)15-19-14-20(28)8-13-23(19)35-16-17-4-9-21(29)10-5-17/h4-15H,3,16H2,1-2H3. The van der Waals surface area contributed by atoms with Crippen molar-refractivity contribution >= 4 is 68.1 Å². The van der Waals surface area contributed by atoms with Crippen molar-refractivity contribution in [3.05, 3.63) is 97.8 Å². The summed E-state index contributed by atoms with van der Waals surface area (Å²) in [7, 11) is 1.68. The lowest BCUT2D eigenvalue weighted by atomic mass is 10.1. The van der Waals surface area contributed by atoms with Gasteiger partial charge in [-0.1, -0.05) is 39.7 Å². The van der Waals surface area contributed by atoms with Crippen molar-refractivity contribution in [3.63, 3.8) is 0 Å². The van der Waals surface area contributed by atoms with E-state index < -0.39 is 0 Å². The lowest BCUT2D eigenvalue weighted by Gasteiger charge is -2.10. The smallest absolute Gasteiger partial charge is 0.338 e. The average molecular weight is 586 g/mol. The van der Waals surface area contributed by atoms with Gasteiger partial charge in [-0.2, -0.15) is 0 Å². The SMILES string of the molecule is CCOC(=O)c1ccc(N=C2SC(=Cc3cc(Br)ccc3OCc3ccc(Cl)cc3)C(=O)N2C)cc1. The first-order valence-electron chi connectivity index (χ1n) is 11.0. The van der Waals surface area contributed by atoms with Gasteiger partial charge in [0.05, 0.1) is 22.8 Å². The van der Waals surface area contributed by atoms with E-state index in [9.17, 15) is 9.59 Å². The van der Waals surface area contributed by atoms with Crippen LogP contribution < -0.4 is 4.74 Å². The Bertz CT molecular complexity index is 1340. The number of aliphatic imine (C=N–C) groups is 1. The second-order valence-corrected chi connectivity index (χ2v) is 10.1. The van der Waals surface area contributed by atoms with Gasteiger partial charge in [-0.05, 0) is 84.9 Å². The number of carbonyl (C=O) groups excluding carboxylic acids is 2. The molecule has 0 unspecified atom stereocenters. The quantitative estimate of drug-likeness (QED) is 0.219. The highest BCUT2D eigenvalue weighted by Crippen LogP contribution is 2.35. The summed E-state index contributed by atoms with van der Waals surface area (Å²) in [5.74, 6) is 0.106. The molecule has 1 aliphatic rings. The molecule has 0 aliphatic carbocycles. The van der Waals surface area contributed by atoms with Gasteiger partial charge < -0.3 is 9.47 Å². The lowest BCUT2D eigenvalue weighted by molar-refractivity contribution is -0.121. The monoisotopic (exact) mass is 584 g/mol. The van der Waals surface area contributed by atoms with Crippen LogP contribution in [0.4, 0.5) is 5.69 Å². The number of hydrogen-bond donors (Lipinski definition) is 0. The summed E-state index contributed by atoms with van der Waals surface area (Å²) in [5, 5.41) is 1.20.